The van der Waals surface area contributed by atoms with Crippen LogP contribution in [0.5, 0.6) is 0 Å². The van der Waals surface area contributed by atoms with Crippen molar-refractivity contribution in [3.05, 3.63) is 48.0 Å². The molecular formula is C17H21NO2. The molecule has 0 spiro atoms. The van der Waals surface area contributed by atoms with E-state index >= 15 is 0 Å². The predicted octanol–water partition coefficient (Wildman–Crippen LogP) is 2.64. The van der Waals surface area contributed by atoms with E-state index in [9.17, 15) is 5.11 Å². The van der Waals surface area contributed by atoms with Gasteiger partial charge in [-0.1, -0.05) is 42.5 Å². The molecule has 0 bridgehead atoms. The number of nitrogens with one attached hydrogen (secondary N) is 1. The number of rotatable bonds is 4. The van der Waals surface area contributed by atoms with E-state index in [0.717, 1.165) is 0 Å². The highest BCUT2D eigenvalue weighted by Gasteiger charge is 2.32. The highest BCUT2D eigenvalue weighted by Crippen LogP contribution is 2.25. The van der Waals surface area contributed by atoms with Crippen LogP contribution in [-0.4, -0.2) is 30.5 Å². The Labute approximate surface area is 119 Å². The molecule has 1 aliphatic rings. The summed E-state index contributed by atoms with van der Waals surface area (Å²) in [6.07, 6.45) is 0.711. The average Bonchev–Trinajstić information content (AvgIpc) is 2.91. The Morgan fingerprint density at radius 3 is 2.85 bits per heavy atom. The van der Waals surface area contributed by atoms with Gasteiger partial charge in [0, 0.05) is 25.6 Å². The molecule has 0 aliphatic carbocycles. The third-order valence-electron chi connectivity index (χ3n) is 4.11. The number of benzene rings is 2. The molecule has 0 unspecified atom stereocenters. The quantitative estimate of drug-likeness (QED) is 0.898. The van der Waals surface area contributed by atoms with Crippen LogP contribution in [0.3, 0.4) is 0 Å². The van der Waals surface area contributed by atoms with Gasteiger partial charge < -0.3 is 15.2 Å². The maximum absolute atomic E-state index is 10.3. The summed E-state index contributed by atoms with van der Waals surface area (Å²) in [4.78, 5) is 0. The largest absolute Gasteiger partial charge is 0.386 e. The highest BCUT2D eigenvalue weighted by atomic mass is 16.5. The van der Waals surface area contributed by atoms with Crippen LogP contribution in [0.25, 0.3) is 10.8 Å². The Kier molecular flexibility index (Phi) is 3.74. The summed E-state index contributed by atoms with van der Waals surface area (Å²) in [6, 6.07) is 15.0. The molecule has 0 aromatic heterocycles. The Hall–Kier alpha value is -1.42. The monoisotopic (exact) mass is 271 g/mol. The molecule has 1 saturated heterocycles. The number of hydrogen-bond donors (Lipinski definition) is 2. The first-order valence-corrected chi connectivity index (χ1v) is 7.19. The SMILES string of the molecule is C[C@@H](NC[C@]1(O)CCOC1)c1cccc2ccccc12. The maximum atomic E-state index is 10.3. The molecule has 3 rings (SSSR count). The minimum Gasteiger partial charge on any atom is -0.386 e. The van der Waals surface area contributed by atoms with Crippen molar-refractivity contribution in [2.45, 2.75) is 25.0 Å². The zero-order chi connectivity index (χ0) is 14.0. The molecule has 2 atom stereocenters. The normalized spacial score (nSPS) is 24.1. The Morgan fingerprint density at radius 1 is 1.25 bits per heavy atom. The van der Waals surface area contributed by atoms with E-state index in [-0.39, 0.29) is 6.04 Å². The fourth-order valence-electron chi connectivity index (χ4n) is 2.82. The van der Waals surface area contributed by atoms with Crippen LogP contribution < -0.4 is 5.32 Å². The van der Waals surface area contributed by atoms with Gasteiger partial charge in [-0.2, -0.15) is 0 Å². The van der Waals surface area contributed by atoms with E-state index in [1.807, 2.05) is 0 Å². The van der Waals surface area contributed by atoms with Crippen molar-refractivity contribution in [1.29, 1.82) is 0 Å². The molecule has 2 N–H and O–H groups in total. The molecule has 1 fully saturated rings. The van der Waals surface area contributed by atoms with Gasteiger partial charge in [-0.3, -0.25) is 0 Å². The smallest absolute Gasteiger partial charge is 0.103 e. The molecule has 3 nitrogen and oxygen atoms in total. The van der Waals surface area contributed by atoms with E-state index in [2.05, 4.69) is 54.7 Å². The summed E-state index contributed by atoms with van der Waals surface area (Å²) in [5.41, 5.74) is 0.560. The lowest BCUT2D eigenvalue weighted by Crippen LogP contribution is -2.41. The summed E-state index contributed by atoms with van der Waals surface area (Å²) >= 11 is 0. The van der Waals surface area contributed by atoms with Crippen molar-refractivity contribution in [2.75, 3.05) is 19.8 Å². The van der Waals surface area contributed by atoms with E-state index in [1.54, 1.807) is 0 Å². The second-order valence-corrected chi connectivity index (χ2v) is 5.70. The lowest BCUT2D eigenvalue weighted by Gasteiger charge is -2.24. The molecule has 1 aliphatic heterocycles. The predicted molar refractivity (Wildman–Crippen MR) is 80.8 cm³/mol. The highest BCUT2D eigenvalue weighted by molar-refractivity contribution is 5.86. The van der Waals surface area contributed by atoms with Gasteiger partial charge in [-0.05, 0) is 23.3 Å². The molecule has 2 aromatic rings. The van der Waals surface area contributed by atoms with E-state index in [1.165, 1.54) is 16.3 Å². The second-order valence-electron chi connectivity index (χ2n) is 5.70. The van der Waals surface area contributed by atoms with Crippen LogP contribution in [0.2, 0.25) is 0 Å². The van der Waals surface area contributed by atoms with E-state index < -0.39 is 5.60 Å². The van der Waals surface area contributed by atoms with Crippen LogP contribution in [0.15, 0.2) is 42.5 Å². The third kappa shape index (κ3) is 2.70. The van der Waals surface area contributed by atoms with Gasteiger partial charge >= 0.3 is 0 Å². The number of fused-ring (bicyclic) bond motifs is 1. The third-order valence-corrected chi connectivity index (χ3v) is 4.11. The Bertz CT molecular complexity index is 585. The second kappa shape index (κ2) is 5.52. The van der Waals surface area contributed by atoms with Gasteiger partial charge in [0.15, 0.2) is 0 Å². The zero-order valence-corrected chi connectivity index (χ0v) is 11.8. The number of ether oxygens (including phenoxy) is 1. The summed E-state index contributed by atoms with van der Waals surface area (Å²) in [5, 5.41) is 16.3. The summed E-state index contributed by atoms with van der Waals surface area (Å²) in [6.45, 7) is 3.79. The van der Waals surface area contributed by atoms with Gasteiger partial charge in [0.1, 0.15) is 5.60 Å². The fourth-order valence-corrected chi connectivity index (χ4v) is 2.82. The van der Waals surface area contributed by atoms with Gasteiger partial charge in [0.2, 0.25) is 0 Å². The zero-order valence-electron chi connectivity index (χ0n) is 11.8. The van der Waals surface area contributed by atoms with Crippen molar-refractivity contribution in [3.63, 3.8) is 0 Å². The molecule has 2 aromatic carbocycles. The van der Waals surface area contributed by atoms with Crippen LogP contribution >= 0.6 is 0 Å². The van der Waals surface area contributed by atoms with Crippen LogP contribution in [-0.2, 0) is 4.74 Å². The molecule has 0 amide bonds. The topological polar surface area (TPSA) is 41.5 Å². The van der Waals surface area contributed by atoms with E-state index in [0.29, 0.717) is 26.2 Å². The first kappa shape index (κ1) is 13.6. The van der Waals surface area contributed by atoms with Crippen LogP contribution in [0, 0.1) is 0 Å². The first-order chi connectivity index (χ1) is 9.68. The molecule has 3 heteroatoms. The van der Waals surface area contributed by atoms with Crippen molar-refractivity contribution in [1.82, 2.24) is 5.32 Å². The molecule has 0 radical (unpaired) electrons. The first-order valence-electron chi connectivity index (χ1n) is 7.19. The Balaban J connectivity index is 1.77. The fraction of sp³-hybridized carbons (Fsp3) is 0.412. The minimum absolute atomic E-state index is 0.200. The summed E-state index contributed by atoms with van der Waals surface area (Å²) < 4.78 is 5.28. The average molecular weight is 271 g/mol. The van der Waals surface area contributed by atoms with Crippen molar-refractivity contribution < 1.29 is 9.84 Å². The molecular weight excluding hydrogens is 250 g/mol. The number of hydrogen-bond acceptors (Lipinski definition) is 3. The van der Waals surface area contributed by atoms with Crippen molar-refractivity contribution in [3.8, 4) is 0 Å². The van der Waals surface area contributed by atoms with Crippen LogP contribution in [0.1, 0.15) is 24.9 Å². The van der Waals surface area contributed by atoms with Crippen LogP contribution in [0.4, 0.5) is 0 Å². The van der Waals surface area contributed by atoms with Gasteiger partial charge in [-0.15, -0.1) is 0 Å². The lowest BCUT2D eigenvalue weighted by molar-refractivity contribution is 0.0252. The summed E-state index contributed by atoms with van der Waals surface area (Å²) in [5.74, 6) is 0. The molecule has 106 valence electrons. The molecule has 0 saturated carbocycles. The van der Waals surface area contributed by atoms with Gasteiger partial charge in [0.05, 0.1) is 6.61 Å². The number of aliphatic hydroxyl groups is 1. The summed E-state index contributed by atoms with van der Waals surface area (Å²) in [7, 11) is 0. The van der Waals surface area contributed by atoms with Crippen molar-refractivity contribution in [2.24, 2.45) is 0 Å². The molecule has 1 heterocycles. The van der Waals surface area contributed by atoms with Crippen molar-refractivity contribution >= 4 is 10.8 Å². The lowest BCUT2D eigenvalue weighted by atomic mass is 9.98. The maximum Gasteiger partial charge on any atom is 0.103 e. The van der Waals surface area contributed by atoms with E-state index in [4.69, 9.17) is 4.74 Å². The van der Waals surface area contributed by atoms with Gasteiger partial charge in [0.25, 0.3) is 0 Å². The minimum atomic E-state index is -0.709. The van der Waals surface area contributed by atoms with Gasteiger partial charge in [-0.25, -0.2) is 0 Å². The molecule has 20 heavy (non-hydrogen) atoms. The standard InChI is InChI=1S/C17H21NO2/c1-13(18-11-17(19)9-10-20-12-17)15-8-4-6-14-5-2-3-7-16(14)15/h2-8,13,18-19H,9-12H2,1H3/t13-,17-/m1/s1. The Morgan fingerprint density at radius 2 is 2.05 bits per heavy atom.